The molecule has 0 radical (unpaired) electrons. The molecule has 2 aromatic heterocycles. The van der Waals surface area contributed by atoms with Crippen LogP contribution in [-0.4, -0.2) is 30.1 Å². The Labute approximate surface area is 203 Å². The Morgan fingerprint density at radius 3 is 2.44 bits per heavy atom. The molecule has 0 bridgehead atoms. The second-order valence-electron chi connectivity index (χ2n) is 8.97. The normalized spacial score (nSPS) is 15.7. The van der Waals surface area contributed by atoms with Gasteiger partial charge in [-0.25, -0.2) is 13.4 Å². The first-order chi connectivity index (χ1) is 16.2. The molecule has 9 heteroatoms. The van der Waals surface area contributed by atoms with E-state index in [2.05, 4.69) is 10.3 Å². The Kier molecular flexibility index (Phi) is 7.33. The van der Waals surface area contributed by atoms with Gasteiger partial charge in [0, 0.05) is 29.6 Å². The summed E-state index contributed by atoms with van der Waals surface area (Å²) in [4.78, 5) is 31.0. The van der Waals surface area contributed by atoms with E-state index in [-0.39, 0.29) is 16.4 Å². The number of pyridine rings is 1. The van der Waals surface area contributed by atoms with E-state index in [1.165, 1.54) is 23.8 Å². The second kappa shape index (κ2) is 10.2. The number of aryl methyl sites for hydroxylation is 1. The number of anilines is 1. The van der Waals surface area contributed by atoms with Crippen LogP contribution >= 0.6 is 11.3 Å². The van der Waals surface area contributed by atoms with Crippen LogP contribution in [0.15, 0.2) is 57.7 Å². The van der Waals surface area contributed by atoms with E-state index >= 15 is 0 Å². The van der Waals surface area contributed by atoms with Crippen molar-refractivity contribution in [3.8, 4) is 11.1 Å². The molecular formula is C25H29N3O4S2. The van der Waals surface area contributed by atoms with Gasteiger partial charge in [-0.05, 0) is 48.6 Å². The number of rotatable bonds is 7. The minimum absolute atomic E-state index is 0.226. The van der Waals surface area contributed by atoms with Crippen LogP contribution in [0.1, 0.15) is 50.3 Å². The molecule has 4 rings (SSSR count). The van der Waals surface area contributed by atoms with E-state index in [1.54, 1.807) is 40.4 Å². The topological polar surface area (TPSA) is 98.1 Å². The fraction of sp³-hybridized carbons (Fsp3) is 0.400. The number of amides is 1. The molecule has 1 aliphatic rings. The van der Waals surface area contributed by atoms with Crippen molar-refractivity contribution in [3.63, 3.8) is 0 Å². The molecule has 1 atom stereocenters. The maximum absolute atomic E-state index is 13.3. The van der Waals surface area contributed by atoms with Crippen LogP contribution in [0.2, 0.25) is 0 Å². The van der Waals surface area contributed by atoms with E-state index in [0.717, 1.165) is 37.5 Å². The molecule has 0 spiro atoms. The van der Waals surface area contributed by atoms with E-state index in [4.69, 9.17) is 0 Å². The average molecular weight is 500 g/mol. The van der Waals surface area contributed by atoms with Gasteiger partial charge in [-0.15, -0.1) is 11.3 Å². The molecule has 3 aromatic rings. The highest BCUT2D eigenvalue weighted by Crippen LogP contribution is 2.32. The molecule has 180 valence electrons. The van der Waals surface area contributed by atoms with Crippen LogP contribution < -0.4 is 10.9 Å². The third kappa shape index (κ3) is 5.64. The molecule has 1 amide bonds. The molecule has 34 heavy (non-hydrogen) atoms. The molecule has 0 aliphatic heterocycles. The van der Waals surface area contributed by atoms with Crippen molar-refractivity contribution >= 4 is 32.2 Å². The number of aromatic nitrogens is 2. The van der Waals surface area contributed by atoms with Crippen molar-refractivity contribution in [2.24, 2.45) is 5.92 Å². The Morgan fingerprint density at radius 2 is 1.85 bits per heavy atom. The highest BCUT2D eigenvalue weighted by molar-refractivity contribution is 7.90. The lowest BCUT2D eigenvalue weighted by atomic mass is 9.84. The highest BCUT2D eigenvalue weighted by Gasteiger charge is 2.28. The number of carbonyl (C=O) groups excluding carboxylic acids is 1. The van der Waals surface area contributed by atoms with Crippen LogP contribution in [0.4, 0.5) is 5.13 Å². The lowest BCUT2D eigenvalue weighted by Gasteiger charge is -2.28. The SMILES string of the molecule is Cc1cc(-c2ccc(S(C)(=O)=O)cc2)cc(=O)n1[C@@H](CC1CCCCC1)C(=O)Nc1nccs1. The Bertz CT molecular complexity index is 1310. The summed E-state index contributed by atoms with van der Waals surface area (Å²) in [5.41, 5.74) is 1.87. The van der Waals surface area contributed by atoms with Crippen LogP contribution in [0.25, 0.3) is 11.1 Å². The van der Waals surface area contributed by atoms with Crippen molar-refractivity contribution in [2.75, 3.05) is 11.6 Å². The molecular weight excluding hydrogens is 470 g/mol. The zero-order chi connectivity index (χ0) is 24.3. The summed E-state index contributed by atoms with van der Waals surface area (Å²) in [6, 6.07) is 9.25. The lowest BCUT2D eigenvalue weighted by molar-refractivity contribution is -0.120. The fourth-order valence-electron chi connectivity index (χ4n) is 4.72. The first-order valence-corrected chi connectivity index (χ1v) is 14.2. The molecule has 7 nitrogen and oxygen atoms in total. The van der Waals surface area contributed by atoms with Crippen LogP contribution in [-0.2, 0) is 14.6 Å². The highest BCUT2D eigenvalue weighted by atomic mass is 32.2. The number of thiazole rings is 1. The Hall–Kier alpha value is -2.78. The molecule has 2 heterocycles. The average Bonchev–Trinajstić information content (AvgIpc) is 3.31. The largest absolute Gasteiger partial charge is 0.300 e. The van der Waals surface area contributed by atoms with Crippen molar-refractivity contribution < 1.29 is 13.2 Å². The zero-order valence-electron chi connectivity index (χ0n) is 19.4. The first kappa shape index (κ1) is 24.3. The van der Waals surface area contributed by atoms with Crippen molar-refractivity contribution in [1.82, 2.24) is 9.55 Å². The standard InChI is InChI=1S/C25H29N3O4S2/c1-17-14-20(19-8-10-21(11-9-19)34(2,31)32)16-23(29)28(17)22(15-18-6-4-3-5-7-18)24(30)27-25-26-12-13-33-25/h8-14,16,18,22H,3-7,15H2,1-2H3,(H,26,27,30)/t22-/m0/s1. The van der Waals surface area contributed by atoms with Gasteiger partial charge in [0.25, 0.3) is 5.56 Å². The molecule has 1 fully saturated rings. The number of benzene rings is 1. The molecule has 0 saturated heterocycles. The van der Waals surface area contributed by atoms with Gasteiger partial charge in [-0.2, -0.15) is 0 Å². The monoisotopic (exact) mass is 499 g/mol. The summed E-state index contributed by atoms with van der Waals surface area (Å²) in [6.07, 6.45) is 9.08. The minimum atomic E-state index is -3.30. The molecule has 0 unspecified atom stereocenters. The van der Waals surface area contributed by atoms with E-state index < -0.39 is 15.9 Å². The number of nitrogens with one attached hydrogen (secondary N) is 1. The molecule has 1 aliphatic carbocycles. The lowest BCUT2D eigenvalue weighted by Crippen LogP contribution is -2.36. The van der Waals surface area contributed by atoms with Crippen LogP contribution in [0.5, 0.6) is 0 Å². The number of nitrogens with zero attached hydrogens (tertiary/aromatic N) is 2. The summed E-state index contributed by atoms with van der Waals surface area (Å²) in [6.45, 7) is 1.83. The smallest absolute Gasteiger partial charge is 0.252 e. The molecule has 1 saturated carbocycles. The van der Waals surface area contributed by atoms with Crippen LogP contribution in [0, 0.1) is 12.8 Å². The van der Waals surface area contributed by atoms with Gasteiger partial charge < -0.3 is 9.88 Å². The predicted molar refractivity (Wildman–Crippen MR) is 135 cm³/mol. The number of hydrogen-bond donors (Lipinski definition) is 1. The summed E-state index contributed by atoms with van der Waals surface area (Å²) in [5.74, 6) is 0.172. The Balaban J connectivity index is 1.67. The first-order valence-electron chi connectivity index (χ1n) is 11.5. The summed E-state index contributed by atoms with van der Waals surface area (Å²) in [7, 11) is -3.30. The quantitative estimate of drug-likeness (QED) is 0.502. The number of hydrogen-bond acceptors (Lipinski definition) is 6. The van der Waals surface area contributed by atoms with E-state index in [9.17, 15) is 18.0 Å². The van der Waals surface area contributed by atoms with Crippen LogP contribution in [0.3, 0.4) is 0 Å². The van der Waals surface area contributed by atoms with Crippen molar-refractivity contribution in [1.29, 1.82) is 0 Å². The summed E-state index contributed by atoms with van der Waals surface area (Å²) >= 11 is 1.35. The third-order valence-electron chi connectivity index (χ3n) is 6.43. The van der Waals surface area contributed by atoms with E-state index in [0.29, 0.717) is 28.7 Å². The summed E-state index contributed by atoms with van der Waals surface area (Å²) < 4.78 is 25.1. The van der Waals surface area contributed by atoms with Gasteiger partial charge >= 0.3 is 0 Å². The summed E-state index contributed by atoms with van der Waals surface area (Å²) in [5, 5.41) is 5.20. The van der Waals surface area contributed by atoms with Gasteiger partial charge in [0.15, 0.2) is 15.0 Å². The third-order valence-corrected chi connectivity index (χ3v) is 8.25. The number of sulfone groups is 1. The van der Waals surface area contributed by atoms with E-state index in [1.807, 2.05) is 13.0 Å². The minimum Gasteiger partial charge on any atom is -0.300 e. The van der Waals surface area contributed by atoms with Crippen molar-refractivity contribution in [3.05, 3.63) is 64.0 Å². The number of carbonyl (C=O) groups is 1. The molecule has 1 N–H and O–H groups in total. The van der Waals surface area contributed by atoms with Gasteiger partial charge in [0.05, 0.1) is 4.90 Å². The van der Waals surface area contributed by atoms with Gasteiger partial charge in [-0.1, -0.05) is 44.2 Å². The van der Waals surface area contributed by atoms with Crippen molar-refractivity contribution in [2.45, 2.75) is 56.4 Å². The van der Waals surface area contributed by atoms with Gasteiger partial charge in [0.1, 0.15) is 6.04 Å². The molecule has 1 aromatic carbocycles. The zero-order valence-corrected chi connectivity index (χ0v) is 21.0. The second-order valence-corrected chi connectivity index (χ2v) is 11.9. The van der Waals surface area contributed by atoms with Gasteiger partial charge in [-0.3, -0.25) is 9.59 Å². The maximum Gasteiger partial charge on any atom is 0.252 e. The maximum atomic E-state index is 13.3. The predicted octanol–water partition coefficient (Wildman–Crippen LogP) is 4.83. The fourth-order valence-corrected chi connectivity index (χ4v) is 5.88. The van der Waals surface area contributed by atoms with Gasteiger partial charge in [0.2, 0.25) is 5.91 Å². The Morgan fingerprint density at radius 1 is 1.15 bits per heavy atom.